The Labute approximate surface area is 152 Å². The summed E-state index contributed by atoms with van der Waals surface area (Å²) in [5.41, 5.74) is 4.32. The Morgan fingerprint density at radius 2 is 1.77 bits per heavy atom. The molecule has 0 heterocycles. The topological polar surface area (TPSA) is 62.7 Å². The number of hydrazone groups is 1. The minimum Gasteiger partial charge on any atom is -0.497 e. The normalized spacial score (nSPS) is 12.1. The van der Waals surface area contributed by atoms with E-state index in [1.807, 2.05) is 60.7 Å². The van der Waals surface area contributed by atoms with E-state index < -0.39 is 6.04 Å². The maximum absolute atomic E-state index is 12.2. The highest BCUT2D eigenvalue weighted by Crippen LogP contribution is 2.19. The van der Waals surface area contributed by atoms with Crippen LogP contribution in [0.25, 0.3) is 10.8 Å². The number of nitrogens with zero attached hydrogens (tertiary/aromatic N) is 1. The van der Waals surface area contributed by atoms with Crippen LogP contribution in [0.5, 0.6) is 5.75 Å². The average molecular weight is 347 g/mol. The maximum Gasteiger partial charge on any atom is 0.262 e. The van der Waals surface area contributed by atoms with Gasteiger partial charge in [-0.15, -0.1) is 0 Å². The number of anilines is 1. The zero-order chi connectivity index (χ0) is 18.4. The number of methoxy groups -OCH3 is 1. The van der Waals surface area contributed by atoms with Crippen molar-refractivity contribution in [3.05, 3.63) is 72.3 Å². The molecule has 1 unspecified atom stereocenters. The van der Waals surface area contributed by atoms with Gasteiger partial charge in [0.1, 0.15) is 11.8 Å². The van der Waals surface area contributed by atoms with E-state index in [-0.39, 0.29) is 5.91 Å². The molecule has 0 aromatic heterocycles. The average Bonchev–Trinajstić information content (AvgIpc) is 2.68. The van der Waals surface area contributed by atoms with Crippen LogP contribution in [0.15, 0.2) is 71.8 Å². The Bertz CT molecular complexity index is 920. The van der Waals surface area contributed by atoms with E-state index in [0.717, 1.165) is 22.4 Å². The number of nitrogens with one attached hydrogen (secondary N) is 2. The van der Waals surface area contributed by atoms with Gasteiger partial charge in [0, 0.05) is 5.69 Å². The molecule has 2 N–H and O–H groups in total. The summed E-state index contributed by atoms with van der Waals surface area (Å²) >= 11 is 0. The third kappa shape index (κ3) is 4.39. The highest BCUT2D eigenvalue weighted by Gasteiger charge is 2.11. The van der Waals surface area contributed by atoms with Crippen molar-refractivity contribution >= 4 is 28.6 Å². The lowest BCUT2D eigenvalue weighted by Gasteiger charge is -2.14. The molecule has 0 aliphatic carbocycles. The summed E-state index contributed by atoms with van der Waals surface area (Å²) in [6.07, 6.45) is 1.60. The van der Waals surface area contributed by atoms with Gasteiger partial charge in [-0.25, -0.2) is 5.43 Å². The standard InChI is InChI=1S/C21H21N3O2/c1-15(23-19-10-9-17-5-3-4-6-18(17)13-19)21(25)24-22-14-16-7-11-20(26-2)12-8-16/h3-15,23H,1-2H3,(H,24,25). The molecule has 0 bridgehead atoms. The van der Waals surface area contributed by atoms with E-state index in [1.54, 1.807) is 20.2 Å². The lowest BCUT2D eigenvalue weighted by Crippen LogP contribution is -2.34. The second-order valence-corrected chi connectivity index (χ2v) is 5.94. The smallest absolute Gasteiger partial charge is 0.262 e. The van der Waals surface area contributed by atoms with Crippen LogP contribution in [0, 0.1) is 0 Å². The molecule has 5 heteroatoms. The summed E-state index contributed by atoms with van der Waals surface area (Å²) < 4.78 is 5.10. The highest BCUT2D eigenvalue weighted by molar-refractivity contribution is 5.89. The van der Waals surface area contributed by atoms with E-state index >= 15 is 0 Å². The SMILES string of the molecule is COc1ccc(C=NNC(=O)C(C)Nc2ccc3ccccc3c2)cc1. The molecular weight excluding hydrogens is 326 g/mol. The van der Waals surface area contributed by atoms with Gasteiger partial charge in [-0.3, -0.25) is 4.79 Å². The van der Waals surface area contributed by atoms with Crippen LogP contribution in [-0.4, -0.2) is 25.3 Å². The zero-order valence-electron chi connectivity index (χ0n) is 14.8. The van der Waals surface area contributed by atoms with E-state index in [0.29, 0.717) is 0 Å². The molecule has 26 heavy (non-hydrogen) atoms. The van der Waals surface area contributed by atoms with Gasteiger partial charge < -0.3 is 10.1 Å². The number of carbonyl (C=O) groups is 1. The van der Waals surface area contributed by atoms with Crippen molar-refractivity contribution in [3.8, 4) is 5.75 Å². The summed E-state index contributed by atoms with van der Waals surface area (Å²) in [6.45, 7) is 1.80. The molecule has 1 amide bonds. The molecule has 0 aliphatic heterocycles. The van der Waals surface area contributed by atoms with Crippen LogP contribution in [-0.2, 0) is 4.79 Å². The second kappa shape index (κ2) is 8.16. The fourth-order valence-electron chi connectivity index (χ4n) is 2.55. The fourth-order valence-corrected chi connectivity index (χ4v) is 2.55. The molecule has 3 aromatic carbocycles. The lowest BCUT2D eigenvalue weighted by molar-refractivity contribution is -0.121. The number of hydrogen-bond acceptors (Lipinski definition) is 4. The van der Waals surface area contributed by atoms with Crippen LogP contribution in [0.2, 0.25) is 0 Å². The molecule has 0 aliphatic rings. The summed E-state index contributed by atoms with van der Waals surface area (Å²) in [7, 11) is 1.62. The van der Waals surface area contributed by atoms with Gasteiger partial charge in [-0.05, 0) is 59.7 Å². The summed E-state index contributed by atoms with van der Waals surface area (Å²) in [5, 5.41) is 9.49. The molecule has 0 radical (unpaired) electrons. The molecule has 3 rings (SSSR count). The molecule has 132 valence electrons. The first kappa shape index (κ1) is 17.5. The molecule has 0 fully saturated rings. The predicted octanol–water partition coefficient (Wildman–Crippen LogP) is 3.80. The Balaban J connectivity index is 1.57. The number of fused-ring (bicyclic) bond motifs is 1. The van der Waals surface area contributed by atoms with Crippen molar-refractivity contribution in [2.75, 3.05) is 12.4 Å². The number of carbonyl (C=O) groups excluding carboxylic acids is 1. The second-order valence-electron chi connectivity index (χ2n) is 5.94. The first-order valence-corrected chi connectivity index (χ1v) is 8.38. The molecule has 0 spiro atoms. The zero-order valence-corrected chi connectivity index (χ0v) is 14.8. The monoisotopic (exact) mass is 347 g/mol. The Hall–Kier alpha value is -3.34. The Kier molecular flexibility index (Phi) is 5.49. The van der Waals surface area contributed by atoms with Crippen LogP contribution in [0.4, 0.5) is 5.69 Å². The largest absolute Gasteiger partial charge is 0.497 e. The van der Waals surface area contributed by atoms with Gasteiger partial charge in [0.2, 0.25) is 0 Å². The lowest BCUT2D eigenvalue weighted by atomic mass is 10.1. The van der Waals surface area contributed by atoms with Crippen molar-refractivity contribution in [3.63, 3.8) is 0 Å². The molecule has 3 aromatic rings. The summed E-state index contributed by atoms with van der Waals surface area (Å²) in [5.74, 6) is 0.572. The van der Waals surface area contributed by atoms with Crippen molar-refractivity contribution in [1.29, 1.82) is 0 Å². The number of ether oxygens (including phenoxy) is 1. The van der Waals surface area contributed by atoms with Gasteiger partial charge in [0.15, 0.2) is 0 Å². The Morgan fingerprint density at radius 3 is 2.50 bits per heavy atom. The van der Waals surface area contributed by atoms with Crippen molar-refractivity contribution in [2.24, 2.45) is 5.10 Å². The quantitative estimate of drug-likeness (QED) is 0.527. The van der Waals surface area contributed by atoms with Gasteiger partial charge in [0.25, 0.3) is 5.91 Å². The van der Waals surface area contributed by atoms with Crippen LogP contribution >= 0.6 is 0 Å². The van der Waals surface area contributed by atoms with E-state index in [9.17, 15) is 4.79 Å². The minimum atomic E-state index is -0.413. The van der Waals surface area contributed by atoms with Gasteiger partial charge in [0.05, 0.1) is 13.3 Å². The number of rotatable bonds is 6. The first-order chi connectivity index (χ1) is 12.7. The molecule has 1 atom stereocenters. The van der Waals surface area contributed by atoms with Crippen LogP contribution in [0.3, 0.4) is 0 Å². The molecule has 0 saturated heterocycles. The molecule has 5 nitrogen and oxygen atoms in total. The first-order valence-electron chi connectivity index (χ1n) is 8.38. The van der Waals surface area contributed by atoms with Gasteiger partial charge >= 0.3 is 0 Å². The van der Waals surface area contributed by atoms with E-state index in [4.69, 9.17) is 4.74 Å². The number of hydrogen-bond donors (Lipinski definition) is 2. The third-order valence-corrected chi connectivity index (χ3v) is 4.03. The van der Waals surface area contributed by atoms with Crippen molar-refractivity contribution in [1.82, 2.24) is 5.43 Å². The van der Waals surface area contributed by atoms with Gasteiger partial charge in [-0.1, -0.05) is 30.3 Å². The van der Waals surface area contributed by atoms with E-state index in [2.05, 4.69) is 21.9 Å². The van der Waals surface area contributed by atoms with Crippen molar-refractivity contribution in [2.45, 2.75) is 13.0 Å². The van der Waals surface area contributed by atoms with Crippen LogP contribution in [0.1, 0.15) is 12.5 Å². The minimum absolute atomic E-state index is 0.206. The van der Waals surface area contributed by atoms with Crippen LogP contribution < -0.4 is 15.5 Å². The Morgan fingerprint density at radius 1 is 1.04 bits per heavy atom. The van der Waals surface area contributed by atoms with Crippen molar-refractivity contribution < 1.29 is 9.53 Å². The van der Waals surface area contributed by atoms with E-state index in [1.165, 1.54) is 5.39 Å². The number of benzene rings is 3. The molecular formula is C21H21N3O2. The highest BCUT2D eigenvalue weighted by atomic mass is 16.5. The number of amides is 1. The maximum atomic E-state index is 12.2. The summed E-state index contributed by atoms with van der Waals surface area (Å²) in [6, 6.07) is 21.1. The third-order valence-electron chi connectivity index (χ3n) is 4.03. The predicted molar refractivity (Wildman–Crippen MR) is 106 cm³/mol. The molecule has 0 saturated carbocycles. The fraction of sp³-hybridized carbons (Fsp3) is 0.143. The summed E-state index contributed by atoms with van der Waals surface area (Å²) in [4.78, 5) is 12.2. The van der Waals surface area contributed by atoms with Gasteiger partial charge in [-0.2, -0.15) is 5.10 Å².